The van der Waals surface area contributed by atoms with Crippen molar-refractivity contribution in [3.63, 3.8) is 0 Å². The highest BCUT2D eigenvalue weighted by atomic mass is 35.5. The van der Waals surface area contributed by atoms with Crippen LogP contribution in [0.4, 0.5) is 11.4 Å². The summed E-state index contributed by atoms with van der Waals surface area (Å²) in [5.41, 5.74) is 0.396. The number of benzene rings is 3. The predicted octanol–water partition coefficient (Wildman–Crippen LogP) is 5.16. The Morgan fingerprint density at radius 3 is 2.06 bits per heavy atom. The maximum Gasteiger partial charge on any atom is 0.262 e. The van der Waals surface area contributed by atoms with Crippen molar-refractivity contribution in [1.82, 2.24) is 3.96 Å². The van der Waals surface area contributed by atoms with E-state index in [2.05, 4.69) is 9.44 Å². The molecule has 178 valence electrons. The lowest BCUT2D eigenvalue weighted by atomic mass is 10.2. The summed E-state index contributed by atoms with van der Waals surface area (Å²) in [4.78, 5) is 11.8. The third kappa shape index (κ3) is 4.90. The molecule has 0 atom stereocenters. The van der Waals surface area contributed by atoms with Crippen molar-refractivity contribution in [3.05, 3.63) is 79.2 Å². The summed E-state index contributed by atoms with van der Waals surface area (Å²) in [7, 11) is -6.67. The minimum absolute atomic E-state index is 0.0385. The summed E-state index contributed by atoms with van der Waals surface area (Å²) in [6.45, 7) is 0. The number of nitrogens with zero attached hydrogens (tertiary/aromatic N) is 1. The Hall–Kier alpha value is -2.28. The van der Waals surface area contributed by atoms with Crippen LogP contribution in [0.25, 0.3) is 10.9 Å². The van der Waals surface area contributed by atoms with Gasteiger partial charge in [0.05, 0.1) is 42.1 Å². The smallest absolute Gasteiger partial charge is 0.262 e. The number of nitrogens with one attached hydrogen (secondary N) is 2. The number of halogens is 3. The topological polar surface area (TPSA) is 114 Å². The lowest BCUT2D eigenvalue weighted by Crippen LogP contribution is -2.18. The number of anilines is 2. The van der Waals surface area contributed by atoms with Gasteiger partial charge < -0.3 is 0 Å². The first-order chi connectivity index (χ1) is 15.9. The van der Waals surface area contributed by atoms with Gasteiger partial charge in [-0.3, -0.25) is 18.2 Å². The lowest BCUT2D eigenvalue weighted by molar-refractivity contribution is 0.599. The Balaban J connectivity index is 1.72. The zero-order valence-corrected chi connectivity index (χ0v) is 21.8. The van der Waals surface area contributed by atoms with E-state index in [9.17, 15) is 21.6 Å². The second-order valence-electron chi connectivity index (χ2n) is 7.03. The molecule has 1 aromatic heterocycles. The molecule has 0 bridgehead atoms. The number of sulfonamides is 2. The van der Waals surface area contributed by atoms with Crippen molar-refractivity contribution < 1.29 is 16.8 Å². The summed E-state index contributed by atoms with van der Waals surface area (Å²) in [6, 6.07) is 11.9. The fraction of sp³-hybridized carbons (Fsp3) is 0.0500. The van der Waals surface area contributed by atoms with E-state index < -0.39 is 20.0 Å². The quantitative estimate of drug-likeness (QED) is 0.328. The van der Waals surface area contributed by atoms with Crippen LogP contribution in [0.1, 0.15) is 0 Å². The molecular formula is C20H14Cl3N3O5S3. The van der Waals surface area contributed by atoms with E-state index in [4.69, 9.17) is 34.8 Å². The predicted molar refractivity (Wildman–Crippen MR) is 137 cm³/mol. The first-order valence-electron chi connectivity index (χ1n) is 9.28. The first kappa shape index (κ1) is 24.8. The Morgan fingerprint density at radius 1 is 0.765 bits per heavy atom. The van der Waals surface area contributed by atoms with Gasteiger partial charge in [0, 0.05) is 12.1 Å². The van der Waals surface area contributed by atoms with Crippen molar-refractivity contribution in [2.75, 3.05) is 9.44 Å². The standard InChI is InChI=1S/C20H14Cl3N3O5S3/c1-26-19-7-4-12(9-14(19)20(27)32-26)33(28,29)25-18-8-11(21)2-6-17(18)24-34(30,31)13-3-5-15(22)16(23)10-13/h2-10,24-25H,1H3. The van der Waals surface area contributed by atoms with E-state index in [1.807, 2.05) is 0 Å². The van der Waals surface area contributed by atoms with Crippen molar-refractivity contribution in [1.29, 1.82) is 0 Å². The Morgan fingerprint density at radius 2 is 1.38 bits per heavy atom. The van der Waals surface area contributed by atoms with Crippen LogP contribution in [0.5, 0.6) is 0 Å². The number of aryl methyl sites for hydroxylation is 1. The van der Waals surface area contributed by atoms with E-state index in [1.165, 1.54) is 54.6 Å². The van der Waals surface area contributed by atoms with Gasteiger partial charge in [-0.1, -0.05) is 34.8 Å². The highest BCUT2D eigenvalue weighted by Gasteiger charge is 2.22. The minimum atomic E-state index is -4.21. The van der Waals surface area contributed by atoms with Gasteiger partial charge in [-0.05, 0) is 66.1 Å². The Labute approximate surface area is 213 Å². The summed E-state index contributed by atoms with van der Waals surface area (Å²) < 4.78 is 57.9. The molecule has 0 radical (unpaired) electrons. The molecule has 0 amide bonds. The minimum Gasteiger partial charge on any atom is -0.297 e. The van der Waals surface area contributed by atoms with Gasteiger partial charge in [0.15, 0.2) is 0 Å². The van der Waals surface area contributed by atoms with Gasteiger partial charge in [0.2, 0.25) is 0 Å². The van der Waals surface area contributed by atoms with E-state index >= 15 is 0 Å². The van der Waals surface area contributed by atoms with E-state index in [-0.39, 0.29) is 46.4 Å². The van der Waals surface area contributed by atoms with Crippen LogP contribution in [0.15, 0.2) is 69.2 Å². The number of fused-ring (bicyclic) bond motifs is 1. The molecule has 0 aliphatic carbocycles. The van der Waals surface area contributed by atoms with Crippen LogP contribution >= 0.6 is 46.3 Å². The molecule has 0 fully saturated rings. The molecule has 0 saturated heterocycles. The molecule has 2 N–H and O–H groups in total. The second-order valence-corrected chi connectivity index (χ2v) is 12.7. The molecule has 34 heavy (non-hydrogen) atoms. The van der Waals surface area contributed by atoms with Gasteiger partial charge >= 0.3 is 0 Å². The van der Waals surface area contributed by atoms with Crippen LogP contribution in [0.3, 0.4) is 0 Å². The molecule has 4 rings (SSSR count). The number of hydrogen-bond donors (Lipinski definition) is 2. The van der Waals surface area contributed by atoms with Gasteiger partial charge in [0.1, 0.15) is 0 Å². The summed E-state index contributed by atoms with van der Waals surface area (Å²) in [5, 5.41) is 0.633. The third-order valence-corrected chi connectivity index (χ3v) is 9.29. The first-order valence-corrected chi connectivity index (χ1v) is 14.1. The summed E-state index contributed by atoms with van der Waals surface area (Å²) >= 11 is 18.8. The molecule has 8 nitrogen and oxygen atoms in total. The SMILES string of the molecule is Cn1sc(=O)c2cc(S(=O)(=O)Nc3cc(Cl)ccc3NS(=O)(=O)c3ccc(Cl)c(Cl)c3)ccc21. The zero-order chi connectivity index (χ0) is 24.8. The maximum atomic E-state index is 13.1. The Bertz CT molecular complexity index is 1710. The molecule has 14 heteroatoms. The zero-order valence-electron chi connectivity index (χ0n) is 17.0. The summed E-state index contributed by atoms with van der Waals surface area (Å²) in [6.07, 6.45) is 0. The van der Waals surface area contributed by atoms with Crippen molar-refractivity contribution in [3.8, 4) is 0 Å². The number of aromatic nitrogens is 1. The molecule has 0 aliphatic rings. The fourth-order valence-electron chi connectivity index (χ4n) is 3.08. The van der Waals surface area contributed by atoms with Gasteiger partial charge in [-0.25, -0.2) is 16.8 Å². The van der Waals surface area contributed by atoms with Crippen LogP contribution < -0.4 is 14.2 Å². The van der Waals surface area contributed by atoms with Crippen LogP contribution in [-0.4, -0.2) is 20.8 Å². The van der Waals surface area contributed by atoms with Crippen molar-refractivity contribution >= 4 is 88.7 Å². The largest absolute Gasteiger partial charge is 0.297 e. The molecular weight excluding hydrogens is 565 g/mol. The molecule has 0 spiro atoms. The van der Waals surface area contributed by atoms with E-state index in [0.29, 0.717) is 5.52 Å². The maximum absolute atomic E-state index is 13.1. The van der Waals surface area contributed by atoms with Crippen LogP contribution in [0, 0.1) is 0 Å². The fourth-order valence-corrected chi connectivity index (χ4v) is 6.59. The van der Waals surface area contributed by atoms with Crippen LogP contribution in [-0.2, 0) is 27.1 Å². The van der Waals surface area contributed by atoms with Crippen molar-refractivity contribution in [2.24, 2.45) is 7.05 Å². The monoisotopic (exact) mass is 577 g/mol. The van der Waals surface area contributed by atoms with Gasteiger partial charge in [0.25, 0.3) is 24.8 Å². The summed E-state index contributed by atoms with van der Waals surface area (Å²) in [5.74, 6) is 0. The normalized spacial score (nSPS) is 12.1. The highest BCUT2D eigenvalue weighted by molar-refractivity contribution is 7.93. The second kappa shape index (κ2) is 9.06. The molecule has 0 aliphatic heterocycles. The molecule has 4 aromatic rings. The molecule has 0 saturated carbocycles. The molecule has 1 heterocycles. The lowest BCUT2D eigenvalue weighted by Gasteiger charge is -2.15. The van der Waals surface area contributed by atoms with Gasteiger partial charge in [-0.2, -0.15) is 0 Å². The molecule has 3 aromatic carbocycles. The molecule has 0 unspecified atom stereocenters. The number of rotatable bonds is 6. The average molecular weight is 579 g/mol. The van der Waals surface area contributed by atoms with E-state index in [0.717, 1.165) is 11.5 Å². The van der Waals surface area contributed by atoms with Crippen molar-refractivity contribution in [2.45, 2.75) is 9.79 Å². The Kier molecular flexibility index (Phi) is 6.62. The van der Waals surface area contributed by atoms with E-state index in [1.54, 1.807) is 11.0 Å². The number of hydrogen-bond acceptors (Lipinski definition) is 6. The third-order valence-electron chi connectivity index (χ3n) is 4.73. The van der Waals surface area contributed by atoms with Gasteiger partial charge in [-0.15, -0.1) is 0 Å². The van der Waals surface area contributed by atoms with Crippen LogP contribution in [0.2, 0.25) is 15.1 Å². The highest BCUT2D eigenvalue weighted by Crippen LogP contribution is 2.32. The average Bonchev–Trinajstić information content (AvgIpc) is 3.05.